The Morgan fingerprint density at radius 1 is 1.26 bits per heavy atom. The van der Waals surface area contributed by atoms with Crippen LogP contribution in [0.1, 0.15) is 38.3 Å². The number of alkyl halides is 1. The zero-order valence-corrected chi connectivity index (χ0v) is 14.8. The molecule has 0 bridgehead atoms. The highest BCUT2D eigenvalue weighted by molar-refractivity contribution is 9.09. The second-order valence-corrected chi connectivity index (χ2v) is 7.42. The van der Waals surface area contributed by atoms with Crippen molar-refractivity contribution < 1.29 is 14.7 Å². The van der Waals surface area contributed by atoms with Crippen molar-refractivity contribution in [2.45, 2.75) is 49.1 Å². The van der Waals surface area contributed by atoms with Gasteiger partial charge in [0, 0.05) is 12.0 Å². The number of benzene rings is 1. The molecule has 1 aliphatic rings. The summed E-state index contributed by atoms with van der Waals surface area (Å²) in [6, 6.07) is 9.41. The molecule has 0 aliphatic carbocycles. The van der Waals surface area contributed by atoms with Crippen LogP contribution >= 0.6 is 15.9 Å². The number of carboxylic acids is 1. The van der Waals surface area contributed by atoms with E-state index >= 15 is 0 Å². The quantitative estimate of drug-likeness (QED) is 0.561. The molecule has 3 unspecified atom stereocenters. The molecule has 1 aromatic rings. The second-order valence-electron chi connectivity index (χ2n) is 6.37. The van der Waals surface area contributed by atoms with Crippen molar-refractivity contribution in [3.63, 3.8) is 0 Å². The van der Waals surface area contributed by atoms with Gasteiger partial charge in [-0.05, 0) is 25.8 Å². The molecular formula is C16H22BrN3O3. The van der Waals surface area contributed by atoms with Crippen molar-refractivity contribution in [1.29, 1.82) is 0 Å². The third kappa shape index (κ3) is 4.76. The SMILES string of the molecule is CC(C)(CCC(=O)O)NC(=O)C1NNC(c2ccccc2)C1Br. The largest absolute Gasteiger partial charge is 0.481 e. The van der Waals surface area contributed by atoms with Crippen molar-refractivity contribution >= 4 is 27.8 Å². The van der Waals surface area contributed by atoms with E-state index < -0.39 is 17.6 Å². The fraction of sp³-hybridized carbons (Fsp3) is 0.500. The summed E-state index contributed by atoms with van der Waals surface area (Å²) in [4.78, 5) is 23.1. The second kappa shape index (κ2) is 7.42. The van der Waals surface area contributed by atoms with E-state index in [1.54, 1.807) is 0 Å². The van der Waals surface area contributed by atoms with Gasteiger partial charge < -0.3 is 10.4 Å². The lowest BCUT2D eigenvalue weighted by Gasteiger charge is -2.28. The van der Waals surface area contributed by atoms with Crippen molar-refractivity contribution in [1.82, 2.24) is 16.2 Å². The van der Waals surface area contributed by atoms with Crippen LogP contribution in [-0.4, -0.2) is 33.4 Å². The van der Waals surface area contributed by atoms with Gasteiger partial charge in [0.15, 0.2) is 0 Å². The van der Waals surface area contributed by atoms with Crippen LogP contribution in [0.4, 0.5) is 0 Å². The molecule has 0 aromatic heterocycles. The van der Waals surface area contributed by atoms with Crippen LogP contribution in [0.2, 0.25) is 0 Å². The molecule has 1 fully saturated rings. The van der Waals surface area contributed by atoms with Crippen LogP contribution in [0.15, 0.2) is 30.3 Å². The highest BCUT2D eigenvalue weighted by Gasteiger charge is 2.40. The molecule has 1 saturated heterocycles. The van der Waals surface area contributed by atoms with Crippen LogP contribution in [0, 0.1) is 0 Å². The first kappa shape index (κ1) is 17.9. The number of halogens is 1. The van der Waals surface area contributed by atoms with E-state index in [-0.39, 0.29) is 23.2 Å². The average molecular weight is 384 g/mol. The molecule has 23 heavy (non-hydrogen) atoms. The lowest BCUT2D eigenvalue weighted by molar-refractivity contribution is -0.138. The summed E-state index contributed by atoms with van der Waals surface area (Å²) in [5.74, 6) is -1.02. The van der Waals surface area contributed by atoms with Crippen LogP contribution in [0.25, 0.3) is 0 Å². The zero-order valence-electron chi connectivity index (χ0n) is 13.2. The minimum absolute atomic E-state index is 0.0194. The van der Waals surface area contributed by atoms with Gasteiger partial charge in [0.1, 0.15) is 6.04 Å². The summed E-state index contributed by atoms with van der Waals surface area (Å²) in [6.45, 7) is 3.66. The molecule has 3 atom stereocenters. The van der Waals surface area contributed by atoms with Gasteiger partial charge in [-0.15, -0.1) is 0 Å². The van der Waals surface area contributed by atoms with E-state index in [9.17, 15) is 9.59 Å². The molecule has 4 N–H and O–H groups in total. The number of rotatable bonds is 6. The van der Waals surface area contributed by atoms with Gasteiger partial charge in [-0.3, -0.25) is 9.59 Å². The van der Waals surface area contributed by atoms with Crippen LogP contribution < -0.4 is 16.2 Å². The van der Waals surface area contributed by atoms with E-state index in [4.69, 9.17) is 5.11 Å². The number of nitrogens with one attached hydrogen (secondary N) is 3. The maximum absolute atomic E-state index is 12.5. The van der Waals surface area contributed by atoms with Gasteiger partial charge >= 0.3 is 5.97 Å². The number of carbonyl (C=O) groups excluding carboxylic acids is 1. The van der Waals surface area contributed by atoms with E-state index in [1.807, 2.05) is 44.2 Å². The average Bonchev–Trinajstić information content (AvgIpc) is 2.87. The number of hydrogen-bond acceptors (Lipinski definition) is 4. The minimum Gasteiger partial charge on any atom is -0.481 e. The zero-order chi connectivity index (χ0) is 17.0. The first-order valence-electron chi connectivity index (χ1n) is 7.54. The van der Waals surface area contributed by atoms with Crippen LogP contribution in [-0.2, 0) is 9.59 Å². The van der Waals surface area contributed by atoms with E-state index in [1.165, 1.54) is 0 Å². The Morgan fingerprint density at radius 3 is 2.52 bits per heavy atom. The number of hydrazine groups is 1. The van der Waals surface area contributed by atoms with Crippen molar-refractivity contribution in [3.8, 4) is 0 Å². The molecule has 1 amide bonds. The summed E-state index contributed by atoms with van der Waals surface area (Å²) in [7, 11) is 0. The number of carboxylic acid groups (broad SMARTS) is 1. The number of amides is 1. The molecule has 6 nitrogen and oxygen atoms in total. The highest BCUT2D eigenvalue weighted by atomic mass is 79.9. The van der Waals surface area contributed by atoms with Gasteiger partial charge in [-0.2, -0.15) is 0 Å². The molecule has 7 heteroatoms. The normalized spacial score (nSPS) is 24.4. The molecule has 126 valence electrons. The Morgan fingerprint density at radius 2 is 1.91 bits per heavy atom. The third-order valence-electron chi connectivity index (χ3n) is 3.90. The third-order valence-corrected chi connectivity index (χ3v) is 4.96. The van der Waals surface area contributed by atoms with Crippen molar-refractivity contribution in [3.05, 3.63) is 35.9 Å². The highest BCUT2D eigenvalue weighted by Crippen LogP contribution is 2.29. The molecule has 0 spiro atoms. The first-order chi connectivity index (χ1) is 10.8. The van der Waals surface area contributed by atoms with Crippen LogP contribution in [0.5, 0.6) is 0 Å². The fourth-order valence-electron chi connectivity index (χ4n) is 2.56. The summed E-state index contributed by atoms with van der Waals surface area (Å²) < 4.78 is 0. The Kier molecular flexibility index (Phi) is 5.78. The van der Waals surface area contributed by atoms with Gasteiger partial charge in [-0.1, -0.05) is 46.3 Å². The molecule has 0 saturated carbocycles. The van der Waals surface area contributed by atoms with Gasteiger partial charge in [0.05, 0.1) is 10.9 Å². The minimum atomic E-state index is -0.865. The Bertz CT molecular complexity index is 565. The molecule has 1 heterocycles. The number of hydrogen-bond donors (Lipinski definition) is 4. The summed E-state index contributed by atoms with van der Waals surface area (Å²) >= 11 is 3.60. The van der Waals surface area contributed by atoms with Crippen LogP contribution in [0.3, 0.4) is 0 Å². The van der Waals surface area contributed by atoms with Gasteiger partial charge in [0.25, 0.3) is 0 Å². The fourth-order valence-corrected chi connectivity index (χ4v) is 3.37. The van der Waals surface area contributed by atoms with Gasteiger partial charge in [-0.25, -0.2) is 10.9 Å². The predicted molar refractivity (Wildman–Crippen MR) is 91.0 cm³/mol. The summed E-state index contributed by atoms with van der Waals surface area (Å²) in [5.41, 5.74) is 6.67. The lowest BCUT2D eigenvalue weighted by atomic mass is 9.96. The summed E-state index contributed by atoms with van der Waals surface area (Å²) in [5, 5.41) is 11.7. The molecule has 1 aromatic carbocycles. The molecular weight excluding hydrogens is 362 g/mol. The number of aliphatic carboxylic acids is 1. The predicted octanol–water partition coefficient (Wildman–Crippen LogP) is 1.73. The first-order valence-corrected chi connectivity index (χ1v) is 8.45. The van der Waals surface area contributed by atoms with E-state index in [0.29, 0.717) is 6.42 Å². The maximum Gasteiger partial charge on any atom is 0.303 e. The lowest BCUT2D eigenvalue weighted by Crippen LogP contribution is -2.53. The molecule has 2 rings (SSSR count). The Balaban J connectivity index is 1.97. The maximum atomic E-state index is 12.5. The van der Waals surface area contributed by atoms with Crippen molar-refractivity contribution in [2.75, 3.05) is 0 Å². The standard InChI is InChI=1S/C16H22BrN3O3/c1-16(2,9-8-11(21)22)18-15(23)14-12(17)13(19-20-14)10-6-4-3-5-7-10/h3-7,12-14,19-20H,8-9H2,1-2H3,(H,18,23)(H,21,22). The number of carbonyl (C=O) groups is 2. The Hall–Kier alpha value is -1.44. The molecule has 0 radical (unpaired) electrons. The smallest absolute Gasteiger partial charge is 0.303 e. The Labute approximate surface area is 144 Å². The van der Waals surface area contributed by atoms with E-state index in [0.717, 1.165) is 5.56 Å². The van der Waals surface area contributed by atoms with E-state index in [2.05, 4.69) is 32.1 Å². The topological polar surface area (TPSA) is 90.5 Å². The molecule has 1 aliphatic heterocycles. The monoisotopic (exact) mass is 383 g/mol. The van der Waals surface area contributed by atoms with Crippen molar-refractivity contribution in [2.24, 2.45) is 0 Å². The summed E-state index contributed by atoms with van der Waals surface area (Å²) in [6.07, 6.45) is 0.400. The van der Waals surface area contributed by atoms with Gasteiger partial charge in [0.2, 0.25) is 5.91 Å².